The Labute approximate surface area is 137 Å². The van der Waals surface area contributed by atoms with Gasteiger partial charge in [-0.2, -0.15) is 0 Å². The Morgan fingerprint density at radius 1 is 1.17 bits per heavy atom. The van der Waals surface area contributed by atoms with Crippen LogP contribution in [0, 0.1) is 0 Å². The normalized spacial score (nSPS) is 11.2. The van der Waals surface area contributed by atoms with Gasteiger partial charge in [0.15, 0.2) is 17.5 Å². The number of rotatable bonds is 6. The van der Waals surface area contributed by atoms with Crippen molar-refractivity contribution < 1.29 is 9.47 Å². The van der Waals surface area contributed by atoms with E-state index in [1.807, 2.05) is 42.9 Å². The number of aryl methyl sites for hydroxylation is 1. The molecule has 0 atom stereocenters. The van der Waals surface area contributed by atoms with Crippen molar-refractivity contribution in [3.05, 3.63) is 42.2 Å². The Hall–Kier alpha value is -2.63. The van der Waals surface area contributed by atoms with E-state index in [1.54, 1.807) is 14.2 Å². The number of anilines is 1. The number of ether oxygens (including phenoxy) is 2. The molecule has 124 valence electrons. The minimum absolute atomic E-state index is 0.615. The Morgan fingerprint density at radius 3 is 2.57 bits per heavy atom. The molecule has 6 heteroatoms. The molecule has 1 aromatic heterocycles. The highest BCUT2D eigenvalue weighted by atomic mass is 16.5. The number of methoxy groups -OCH3 is 2. The summed E-state index contributed by atoms with van der Waals surface area (Å²) < 4.78 is 12.6. The Morgan fingerprint density at radius 2 is 1.96 bits per heavy atom. The molecule has 2 rings (SSSR count). The van der Waals surface area contributed by atoms with Gasteiger partial charge in [0.2, 0.25) is 0 Å². The highest BCUT2D eigenvalue weighted by Gasteiger charge is 2.06. The molecule has 0 bridgehead atoms. The number of aliphatic imine (C=N–C) groups is 1. The maximum Gasteiger partial charge on any atom is 0.196 e. The van der Waals surface area contributed by atoms with Crippen molar-refractivity contribution in [3.63, 3.8) is 0 Å². The van der Waals surface area contributed by atoms with Crippen LogP contribution in [0.4, 0.5) is 5.69 Å². The molecule has 6 nitrogen and oxygen atoms in total. The summed E-state index contributed by atoms with van der Waals surface area (Å²) in [5, 5.41) is 6.51. The van der Waals surface area contributed by atoms with Crippen LogP contribution in [0.15, 0.2) is 41.7 Å². The second-order valence-corrected chi connectivity index (χ2v) is 5.08. The third-order valence-corrected chi connectivity index (χ3v) is 3.30. The molecule has 0 fully saturated rings. The fraction of sp³-hybridized carbons (Fsp3) is 0.353. The van der Waals surface area contributed by atoms with Gasteiger partial charge in [-0.05, 0) is 30.7 Å². The first-order valence-electron chi connectivity index (χ1n) is 7.54. The lowest BCUT2D eigenvalue weighted by Crippen LogP contribution is -2.30. The minimum atomic E-state index is 0.615. The summed E-state index contributed by atoms with van der Waals surface area (Å²) in [6.07, 6.45) is 4.07. The number of hydrogen-bond acceptors (Lipinski definition) is 3. The van der Waals surface area contributed by atoms with E-state index in [9.17, 15) is 0 Å². The predicted molar refractivity (Wildman–Crippen MR) is 93.4 cm³/mol. The maximum atomic E-state index is 5.32. The second-order valence-electron chi connectivity index (χ2n) is 5.08. The largest absolute Gasteiger partial charge is 0.493 e. The standard InChI is InChI=1S/C17H24N4O2/c1-5-18-17(19-11-13-8-9-21(2)12-13)20-14-6-7-15(22-3)16(10-14)23-4/h6-10,12H,5,11H2,1-4H3,(H2,18,19,20). The monoisotopic (exact) mass is 316 g/mol. The zero-order chi connectivity index (χ0) is 16.7. The highest BCUT2D eigenvalue weighted by molar-refractivity contribution is 5.93. The van der Waals surface area contributed by atoms with Gasteiger partial charge in [-0.25, -0.2) is 4.99 Å². The molecule has 23 heavy (non-hydrogen) atoms. The average Bonchev–Trinajstić information content (AvgIpc) is 2.98. The Bertz CT molecular complexity index is 664. The molecule has 2 N–H and O–H groups in total. The smallest absolute Gasteiger partial charge is 0.196 e. The first-order chi connectivity index (χ1) is 11.2. The number of guanidine groups is 1. The van der Waals surface area contributed by atoms with Gasteiger partial charge in [-0.15, -0.1) is 0 Å². The fourth-order valence-corrected chi connectivity index (χ4v) is 2.18. The van der Waals surface area contributed by atoms with E-state index in [1.165, 1.54) is 0 Å². The van der Waals surface area contributed by atoms with Crippen LogP contribution >= 0.6 is 0 Å². The lowest BCUT2D eigenvalue weighted by Gasteiger charge is -2.13. The van der Waals surface area contributed by atoms with Crippen LogP contribution in [0.25, 0.3) is 0 Å². The predicted octanol–water partition coefficient (Wildman–Crippen LogP) is 2.62. The number of nitrogens with one attached hydrogen (secondary N) is 2. The lowest BCUT2D eigenvalue weighted by atomic mass is 10.2. The zero-order valence-corrected chi connectivity index (χ0v) is 14.1. The molecule has 0 saturated heterocycles. The van der Waals surface area contributed by atoms with Gasteiger partial charge in [0.25, 0.3) is 0 Å². The maximum absolute atomic E-state index is 5.32. The van der Waals surface area contributed by atoms with Crippen molar-refractivity contribution in [1.29, 1.82) is 0 Å². The molecule has 0 aliphatic carbocycles. The molecule has 1 heterocycles. The van der Waals surface area contributed by atoms with Gasteiger partial charge in [-0.3, -0.25) is 0 Å². The topological polar surface area (TPSA) is 59.8 Å². The molecule has 0 saturated carbocycles. The van der Waals surface area contributed by atoms with Crippen LogP contribution in [0.5, 0.6) is 11.5 Å². The lowest BCUT2D eigenvalue weighted by molar-refractivity contribution is 0.355. The van der Waals surface area contributed by atoms with Gasteiger partial charge in [-0.1, -0.05) is 0 Å². The molecule has 0 aliphatic rings. The molecule has 2 aromatic rings. The second kappa shape index (κ2) is 8.12. The average molecular weight is 316 g/mol. The molecule has 1 aromatic carbocycles. The highest BCUT2D eigenvalue weighted by Crippen LogP contribution is 2.29. The van der Waals surface area contributed by atoms with Gasteiger partial charge in [0, 0.05) is 37.7 Å². The minimum Gasteiger partial charge on any atom is -0.493 e. The summed E-state index contributed by atoms with van der Waals surface area (Å²) >= 11 is 0. The van der Waals surface area contributed by atoms with Crippen molar-refractivity contribution in [2.24, 2.45) is 12.0 Å². The zero-order valence-electron chi connectivity index (χ0n) is 14.1. The van der Waals surface area contributed by atoms with Crippen LogP contribution in [-0.4, -0.2) is 31.3 Å². The third kappa shape index (κ3) is 4.67. The molecular formula is C17H24N4O2. The van der Waals surface area contributed by atoms with Crippen LogP contribution in [-0.2, 0) is 13.6 Å². The molecule has 0 unspecified atom stereocenters. The summed E-state index contributed by atoms with van der Waals surface area (Å²) in [6, 6.07) is 7.73. The summed E-state index contributed by atoms with van der Waals surface area (Å²) in [4.78, 5) is 4.60. The summed E-state index contributed by atoms with van der Waals surface area (Å²) in [5.41, 5.74) is 2.05. The summed E-state index contributed by atoms with van der Waals surface area (Å²) in [6.45, 7) is 3.44. The van der Waals surface area contributed by atoms with Crippen molar-refractivity contribution >= 4 is 11.6 Å². The van der Waals surface area contributed by atoms with Crippen molar-refractivity contribution in [1.82, 2.24) is 9.88 Å². The van der Waals surface area contributed by atoms with E-state index in [4.69, 9.17) is 9.47 Å². The first-order valence-corrected chi connectivity index (χ1v) is 7.54. The number of hydrogen-bond donors (Lipinski definition) is 2. The number of nitrogens with zero attached hydrogens (tertiary/aromatic N) is 2. The van der Waals surface area contributed by atoms with E-state index < -0.39 is 0 Å². The van der Waals surface area contributed by atoms with Gasteiger partial charge >= 0.3 is 0 Å². The van der Waals surface area contributed by atoms with Crippen LogP contribution < -0.4 is 20.1 Å². The molecule has 0 amide bonds. The quantitative estimate of drug-likeness (QED) is 0.635. The van der Waals surface area contributed by atoms with Crippen LogP contribution in [0.2, 0.25) is 0 Å². The SMILES string of the molecule is CCNC(=NCc1ccn(C)c1)Nc1ccc(OC)c(OC)c1. The van der Waals surface area contributed by atoms with Gasteiger partial charge in [0.05, 0.1) is 20.8 Å². The van der Waals surface area contributed by atoms with E-state index >= 15 is 0 Å². The molecular weight excluding hydrogens is 292 g/mol. The van der Waals surface area contributed by atoms with Crippen molar-refractivity contribution in [2.75, 3.05) is 26.1 Å². The first kappa shape index (κ1) is 16.7. The fourth-order valence-electron chi connectivity index (χ4n) is 2.18. The van der Waals surface area contributed by atoms with Crippen molar-refractivity contribution in [3.8, 4) is 11.5 Å². The van der Waals surface area contributed by atoms with Crippen molar-refractivity contribution in [2.45, 2.75) is 13.5 Å². The molecule has 0 aliphatic heterocycles. The molecule has 0 radical (unpaired) electrons. The molecule has 0 spiro atoms. The summed E-state index contributed by atoms with van der Waals surface area (Å²) in [7, 11) is 5.24. The van der Waals surface area contributed by atoms with E-state index in [2.05, 4.69) is 27.9 Å². The Kier molecular flexibility index (Phi) is 5.91. The van der Waals surface area contributed by atoms with Crippen LogP contribution in [0.3, 0.4) is 0 Å². The van der Waals surface area contributed by atoms with E-state index in [0.29, 0.717) is 18.0 Å². The van der Waals surface area contributed by atoms with Crippen LogP contribution in [0.1, 0.15) is 12.5 Å². The summed E-state index contributed by atoms with van der Waals surface area (Å²) in [5.74, 6) is 2.10. The van der Waals surface area contributed by atoms with E-state index in [-0.39, 0.29) is 0 Å². The Balaban J connectivity index is 2.12. The van der Waals surface area contributed by atoms with Gasteiger partial charge < -0.3 is 24.7 Å². The number of aromatic nitrogens is 1. The third-order valence-electron chi connectivity index (χ3n) is 3.30. The van der Waals surface area contributed by atoms with Gasteiger partial charge in [0.1, 0.15) is 0 Å². The van der Waals surface area contributed by atoms with E-state index in [0.717, 1.165) is 23.8 Å². The number of benzene rings is 1.